The van der Waals surface area contributed by atoms with E-state index in [4.69, 9.17) is 4.74 Å². The summed E-state index contributed by atoms with van der Waals surface area (Å²) in [7, 11) is 1.32. The molecule has 2 heterocycles. The quantitative estimate of drug-likeness (QED) is 0.461. The van der Waals surface area contributed by atoms with Crippen LogP contribution in [0.1, 0.15) is 25.7 Å². The van der Waals surface area contributed by atoms with Gasteiger partial charge in [-0.3, -0.25) is 4.79 Å². The van der Waals surface area contributed by atoms with Gasteiger partial charge in [0.2, 0.25) is 0 Å². The number of aromatic nitrogens is 1. The van der Waals surface area contributed by atoms with Crippen molar-refractivity contribution < 1.29 is 14.3 Å². The van der Waals surface area contributed by atoms with Crippen molar-refractivity contribution in [3.63, 3.8) is 0 Å². The SMILES string of the molecule is COC(=O)c1cc2ccccc2cc1NC(=O)c1sc(-c2ccsc2)nc1C. The molecule has 5 nitrogen and oxygen atoms in total. The molecule has 4 aromatic rings. The molecule has 0 atom stereocenters. The molecule has 0 radical (unpaired) electrons. The van der Waals surface area contributed by atoms with E-state index >= 15 is 0 Å². The van der Waals surface area contributed by atoms with Gasteiger partial charge in [0.05, 0.1) is 24.1 Å². The van der Waals surface area contributed by atoms with Gasteiger partial charge >= 0.3 is 5.97 Å². The maximum absolute atomic E-state index is 12.9. The zero-order chi connectivity index (χ0) is 19.7. The highest BCUT2D eigenvalue weighted by molar-refractivity contribution is 7.17. The van der Waals surface area contributed by atoms with Crippen molar-refractivity contribution in [2.45, 2.75) is 6.92 Å². The minimum absolute atomic E-state index is 0.295. The molecule has 0 fully saturated rings. The van der Waals surface area contributed by atoms with Crippen molar-refractivity contribution in [3.8, 4) is 10.6 Å². The van der Waals surface area contributed by atoms with Crippen LogP contribution in [0.3, 0.4) is 0 Å². The van der Waals surface area contributed by atoms with Crippen molar-refractivity contribution >= 4 is 51.0 Å². The van der Waals surface area contributed by atoms with Gasteiger partial charge in [-0.1, -0.05) is 24.3 Å². The molecule has 0 aliphatic carbocycles. The first kappa shape index (κ1) is 18.3. The Balaban J connectivity index is 1.71. The Labute approximate surface area is 169 Å². The third-order valence-electron chi connectivity index (χ3n) is 4.31. The van der Waals surface area contributed by atoms with E-state index in [0.29, 0.717) is 21.8 Å². The first-order valence-electron chi connectivity index (χ1n) is 8.49. The number of carbonyl (C=O) groups is 2. The number of nitrogens with one attached hydrogen (secondary N) is 1. The summed E-state index contributed by atoms with van der Waals surface area (Å²) in [6.07, 6.45) is 0. The van der Waals surface area contributed by atoms with Crippen LogP contribution < -0.4 is 5.32 Å². The summed E-state index contributed by atoms with van der Waals surface area (Å²) in [5.41, 5.74) is 2.39. The molecule has 140 valence electrons. The highest BCUT2D eigenvalue weighted by Crippen LogP contribution is 2.31. The predicted octanol–water partition coefficient (Wildman–Crippen LogP) is 5.37. The molecule has 7 heteroatoms. The lowest BCUT2D eigenvalue weighted by Crippen LogP contribution is -2.15. The second-order valence-corrected chi connectivity index (χ2v) is 7.92. The molecule has 0 saturated carbocycles. The van der Waals surface area contributed by atoms with Crippen molar-refractivity contribution in [1.29, 1.82) is 0 Å². The number of anilines is 1. The predicted molar refractivity (Wildman–Crippen MR) is 113 cm³/mol. The van der Waals surface area contributed by atoms with Crippen LogP contribution in [-0.4, -0.2) is 24.0 Å². The maximum atomic E-state index is 12.9. The topological polar surface area (TPSA) is 68.3 Å². The first-order chi connectivity index (χ1) is 13.6. The third kappa shape index (κ3) is 3.42. The highest BCUT2D eigenvalue weighted by Gasteiger charge is 2.20. The summed E-state index contributed by atoms with van der Waals surface area (Å²) in [4.78, 5) is 30.2. The zero-order valence-electron chi connectivity index (χ0n) is 15.2. The normalized spacial score (nSPS) is 10.8. The Morgan fingerprint density at radius 3 is 2.54 bits per heavy atom. The second kappa shape index (κ2) is 7.53. The Kier molecular flexibility index (Phi) is 4.93. The Morgan fingerprint density at radius 1 is 1.11 bits per heavy atom. The minimum Gasteiger partial charge on any atom is -0.465 e. The number of ether oxygens (including phenoxy) is 1. The van der Waals surface area contributed by atoms with Crippen LogP contribution in [0.5, 0.6) is 0 Å². The van der Waals surface area contributed by atoms with E-state index in [2.05, 4.69) is 10.3 Å². The van der Waals surface area contributed by atoms with Crippen LogP contribution in [0.25, 0.3) is 21.3 Å². The van der Waals surface area contributed by atoms with Gasteiger partial charge in [-0.15, -0.1) is 11.3 Å². The number of rotatable bonds is 4. The van der Waals surface area contributed by atoms with Gasteiger partial charge in [-0.05, 0) is 41.3 Å². The van der Waals surface area contributed by atoms with Crippen LogP contribution in [-0.2, 0) is 4.74 Å². The lowest BCUT2D eigenvalue weighted by Gasteiger charge is -2.11. The van der Waals surface area contributed by atoms with Crippen molar-refractivity contribution in [2.75, 3.05) is 12.4 Å². The fourth-order valence-electron chi connectivity index (χ4n) is 2.92. The maximum Gasteiger partial charge on any atom is 0.339 e. The van der Waals surface area contributed by atoms with Gasteiger partial charge in [-0.25, -0.2) is 9.78 Å². The number of thiazole rings is 1. The van der Waals surface area contributed by atoms with Crippen molar-refractivity contribution in [2.24, 2.45) is 0 Å². The lowest BCUT2D eigenvalue weighted by atomic mass is 10.0. The van der Waals surface area contributed by atoms with E-state index in [0.717, 1.165) is 21.3 Å². The van der Waals surface area contributed by atoms with E-state index in [1.54, 1.807) is 23.5 Å². The van der Waals surface area contributed by atoms with Gasteiger partial charge in [0.15, 0.2) is 0 Å². The van der Waals surface area contributed by atoms with E-state index in [-0.39, 0.29) is 5.91 Å². The summed E-state index contributed by atoms with van der Waals surface area (Å²) >= 11 is 2.92. The number of amides is 1. The Bertz CT molecular complexity index is 1180. The fraction of sp³-hybridized carbons (Fsp3) is 0.0952. The number of nitrogens with zero attached hydrogens (tertiary/aromatic N) is 1. The number of esters is 1. The van der Waals surface area contributed by atoms with Crippen molar-refractivity contribution in [3.05, 3.63) is 69.4 Å². The van der Waals surface area contributed by atoms with Crippen LogP contribution in [0, 0.1) is 6.92 Å². The smallest absolute Gasteiger partial charge is 0.339 e. The molecular weight excluding hydrogens is 392 g/mol. The molecule has 0 aliphatic heterocycles. The van der Waals surface area contributed by atoms with Gasteiger partial charge in [0, 0.05) is 10.9 Å². The number of carbonyl (C=O) groups excluding carboxylic acids is 2. The molecule has 0 saturated heterocycles. The Morgan fingerprint density at radius 2 is 1.86 bits per heavy atom. The summed E-state index contributed by atoms with van der Waals surface area (Å²) in [5.74, 6) is -0.794. The molecule has 1 N–H and O–H groups in total. The number of fused-ring (bicyclic) bond motifs is 1. The first-order valence-corrected chi connectivity index (χ1v) is 10.2. The van der Waals surface area contributed by atoms with Gasteiger partial charge < -0.3 is 10.1 Å². The molecule has 2 aromatic carbocycles. The molecule has 28 heavy (non-hydrogen) atoms. The second-order valence-electron chi connectivity index (χ2n) is 6.14. The molecule has 0 aliphatic rings. The van der Waals surface area contributed by atoms with Gasteiger partial charge in [-0.2, -0.15) is 11.3 Å². The monoisotopic (exact) mass is 408 g/mol. The highest BCUT2D eigenvalue weighted by atomic mass is 32.1. The lowest BCUT2D eigenvalue weighted by molar-refractivity contribution is 0.0602. The average molecular weight is 409 g/mol. The summed E-state index contributed by atoms with van der Waals surface area (Å²) in [6.45, 7) is 1.81. The van der Waals surface area contributed by atoms with Crippen LogP contribution in [0.15, 0.2) is 53.2 Å². The Hall–Kier alpha value is -3.03. The summed E-state index contributed by atoms with van der Waals surface area (Å²) in [6, 6.07) is 13.1. The fourth-order valence-corrected chi connectivity index (χ4v) is 4.59. The summed E-state index contributed by atoms with van der Waals surface area (Å²) < 4.78 is 4.89. The third-order valence-corrected chi connectivity index (χ3v) is 6.20. The molecule has 4 rings (SSSR count). The van der Waals surface area contributed by atoms with Crippen LogP contribution >= 0.6 is 22.7 Å². The van der Waals surface area contributed by atoms with E-state index in [1.807, 2.05) is 48.0 Å². The van der Waals surface area contributed by atoms with E-state index < -0.39 is 5.97 Å². The zero-order valence-corrected chi connectivity index (χ0v) is 16.8. The number of thiophene rings is 1. The largest absolute Gasteiger partial charge is 0.465 e. The molecular formula is C21H16N2O3S2. The number of methoxy groups -OCH3 is 1. The van der Waals surface area contributed by atoms with Crippen LogP contribution in [0.4, 0.5) is 5.69 Å². The van der Waals surface area contributed by atoms with Gasteiger partial charge in [0.1, 0.15) is 9.88 Å². The molecule has 1 amide bonds. The molecule has 0 spiro atoms. The van der Waals surface area contributed by atoms with Crippen LogP contribution in [0.2, 0.25) is 0 Å². The van der Waals surface area contributed by atoms with E-state index in [9.17, 15) is 9.59 Å². The molecule has 2 aromatic heterocycles. The number of hydrogen-bond donors (Lipinski definition) is 1. The van der Waals surface area contributed by atoms with Gasteiger partial charge in [0.25, 0.3) is 5.91 Å². The molecule has 0 unspecified atom stereocenters. The van der Waals surface area contributed by atoms with Crippen molar-refractivity contribution in [1.82, 2.24) is 4.98 Å². The minimum atomic E-state index is -0.499. The number of aryl methyl sites for hydroxylation is 1. The molecule has 0 bridgehead atoms. The standard InChI is InChI=1S/C21H16N2O3S2/c1-12-18(28-20(22-12)15-7-8-27-11-15)19(24)23-17-10-14-6-4-3-5-13(14)9-16(17)21(25)26-2/h3-11H,1-2H3,(H,23,24). The summed E-state index contributed by atoms with van der Waals surface area (Å²) in [5, 5.41) is 9.46. The number of hydrogen-bond acceptors (Lipinski definition) is 6. The average Bonchev–Trinajstić information content (AvgIpc) is 3.36. The van der Waals surface area contributed by atoms with E-state index in [1.165, 1.54) is 18.4 Å². The number of benzene rings is 2.